The number of hydrogen-bond acceptors (Lipinski definition) is 2. The van der Waals surface area contributed by atoms with Crippen molar-refractivity contribution >= 4 is 0 Å². The molecule has 1 heterocycles. The number of hydrogen-bond donors (Lipinski definition) is 1. The normalized spacial score (nSPS) is 18.5. The summed E-state index contributed by atoms with van der Waals surface area (Å²) in [4.78, 5) is 3.39. The van der Waals surface area contributed by atoms with E-state index in [1.807, 2.05) is 0 Å². The summed E-state index contributed by atoms with van der Waals surface area (Å²) in [5, 5.41) is 9.10. The molecule has 1 fully saturated rings. The van der Waals surface area contributed by atoms with Crippen LogP contribution in [-0.2, 0) is 12.6 Å². The molecule has 0 unspecified atom stereocenters. The van der Waals surface area contributed by atoms with Crippen LogP contribution in [0.1, 0.15) is 24.1 Å². The summed E-state index contributed by atoms with van der Waals surface area (Å²) in [6.45, 7) is 0.0913. The topological polar surface area (TPSA) is 33.1 Å². The van der Waals surface area contributed by atoms with Crippen LogP contribution >= 0.6 is 0 Å². The van der Waals surface area contributed by atoms with Crippen LogP contribution in [-0.4, -0.2) is 16.7 Å². The molecular weight excluding hydrogens is 219 g/mol. The van der Waals surface area contributed by atoms with Crippen molar-refractivity contribution in [3.8, 4) is 0 Å². The fourth-order valence-electron chi connectivity index (χ4n) is 1.70. The Labute approximate surface area is 91.1 Å². The molecule has 1 aliphatic carbocycles. The number of aromatic nitrogens is 1. The highest BCUT2D eigenvalue weighted by atomic mass is 19.4. The lowest BCUT2D eigenvalue weighted by atomic mass is 9.98. The molecule has 1 saturated carbocycles. The van der Waals surface area contributed by atoms with E-state index < -0.39 is 11.9 Å². The maximum atomic E-state index is 12.2. The van der Waals surface area contributed by atoms with Gasteiger partial charge in [-0.3, -0.25) is 4.98 Å². The number of nitrogens with zero attached hydrogens (tertiary/aromatic N) is 1. The van der Waals surface area contributed by atoms with E-state index >= 15 is 0 Å². The minimum Gasteiger partial charge on any atom is -0.396 e. The molecule has 1 aromatic rings. The Hall–Kier alpha value is -1.10. The third-order valence-electron chi connectivity index (χ3n) is 2.99. The summed E-state index contributed by atoms with van der Waals surface area (Å²) in [5.74, 6) is 0. The molecule has 16 heavy (non-hydrogen) atoms. The van der Waals surface area contributed by atoms with Gasteiger partial charge in [-0.2, -0.15) is 13.2 Å². The first kappa shape index (κ1) is 11.4. The molecule has 0 aliphatic heterocycles. The van der Waals surface area contributed by atoms with E-state index in [-0.39, 0.29) is 12.0 Å². The maximum Gasteiger partial charge on any atom is 0.433 e. The quantitative estimate of drug-likeness (QED) is 0.866. The fourth-order valence-corrected chi connectivity index (χ4v) is 1.70. The molecule has 2 rings (SSSR count). The van der Waals surface area contributed by atoms with Crippen molar-refractivity contribution in [3.05, 3.63) is 29.6 Å². The largest absolute Gasteiger partial charge is 0.433 e. The lowest BCUT2D eigenvalue weighted by molar-refractivity contribution is -0.141. The van der Waals surface area contributed by atoms with Gasteiger partial charge in [0.25, 0.3) is 0 Å². The Morgan fingerprint density at radius 2 is 2.00 bits per heavy atom. The van der Waals surface area contributed by atoms with Gasteiger partial charge in [-0.15, -0.1) is 0 Å². The Kier molecular flexibility index (Phi) is 2.66. The van der Waals surface area contributed by atoms with Crippen molar-refractivity contribution in [1.82, 2.24) is 4.98 Å². The molecule has 1 N–H and O–H groups in total. The molecule has 1 aliphatic rings. The van der Waals surface area contributed by atoms with Crippen molar-refractivity contribution in [2.45, 2.75) is 25.4 Å². The van der Waals surface area contributed by atoms with Crippen LogP contribution in [0.2, 0.25) is 0 Å². The highest BCUT2D eigenvalue weighted by Crippen LogP contribution is 2.47. The van der Waals surface area contributed by atoms with E-state index in [4.69, 9.17) is 5.11 Å². The van der Waals surface area contributed by atoms with Gasteiger partial charge in [0.05, 0.1) is 0 Å². The van der Waals surface area contributed by atoms with Gasteiger partial charge in [-0.25, -0.2) is 0 Å². The monoisotopic (exact) mass is 231 g/mol. The van der Waals surface area contributed by atoms with Crippen molar-refractivity contribution < 1.29 is 18.3 Å². The Morgan fingerprint density at radius 3 is 2.38 bits per heavy atom. The summed E-state index contributed by atoms with van der Waals surface area (Å²) in [5.41, 5.74) is -0.217. The lowest BCUT2D eigenvalue weighted by Crippen LogP contribution is -2.12. The minimum absolute atomic E-state index is 0.0913. The van der Waals surface area contributed by atoms with Crippen LogP contribution in [0.5, 0.6) is 0 Å². The van der Waals surface area contributed by atoms with Gasteiger partial charge in [0, 0.05) is 12.8 Å². The van der Waals surface area contributed by atoms with Gasteiger partial charge in [-0.05, 0) is 36.3 Å². The predicted octanol–water partition coefficient (Wildman–Crippen LogP) is 2.42. The fraction of sp³-hybridized carbons (Fsp3) is 0.545. The Bertz CT molecular complexity index is 368. The first-order valence-corrected chi connectivity index (χ1v) is 5.08. The summed E-state index contributed by atoms with van der Waals surface area (Å²) < 4.78 is 36.7. The van der Waals surface area contributed by atoms with Crippen molar-refractivity contribution in [1.29, 1.82) is 0 Å². The molecule has 1 aromatic heterocycles. The SMILES string of the molecule is OCC1(Cc2ccc(C(F)(F)F)nc2)CC1. The van der Waals surface area contributed by atoms with Crippen LogP contribution in [0, 0.1) is 5.41 Å². The average Bonchev–Trinajstić information content (AvgIpc) is 2.98. The zero-order chi connectivity index (χ0) is 11.8. The van der Waals surface area contributed by atoms with Crippen molar-refractivity contribution in [2.24, 2.45) is 5.41 Å². The highest BCUT2D eigenvalue weighted by Gasteiger charge is 2.42. The van der Waals surface area contributed by atoms with Crippen LogP contribution in [0.15, 0.2) is 18.3 Å². The zero-order valence-corrected chi connectivity index (χ0v) is 8.59. The van der Waals surface area contributed by atoms with Crippen LogP contribution in [0.25, 0.3) is 0 Å². The second-order valence-corrected chi connectivity index (χ2v) is 4.38. The van der Waals surface area contributed by atoms with Gasteiger partial charge < -0.3 is 5.11 Å². The van der Waals surface area contributed by atoms with Gasteiger partial charge >= 0.3 is 6.18 Å². The molecule has 88 valence electrons. The van der Waals surface area contributed by atoms with E-state index in [1.54, 1.807) is 0 Å². The van der Waals surface area contributed by atoms with Crippen molar-refractivity contribution in [3.63, 3.8) is 0 Å². The zero-order valence-electron chi connectivity index (χ0n) is 8.59. The molecular formula is C11H12F3NO. The first-order valence-electron chi connectivity index (χ1n) is 5.08. The first-order chi connectivity index (χ1) is 7.45. The molecule has 0 spiro atoms. The third-order valence-corrected chi connectivity index (χ3v) is 2.99. The Balaban J connectivity index is 2.08. The number of halogens is 3. The van der Waals surface area contributed by atoms with Crippen LogP contribution < -0.4 is 0 Å². The van der Waals surface area contributed by atoms with E-state index in [0.717, 1.165) is 24.5 Å². The summed E-state index contributed by atoms with van der Waals surface area (Å²) in [6, 6.07) is 2.42. The molecule has 0 bridgehead atoms. The minimum atomic E-state index is -4.38. The number of aliphatic hydroxyl groups is 1. The Morgan fingerprint density at radius 1 is 1.31 bits per heavy atom. The summed E-state index contributed by atoms with van der Waals surface area (Å²) in [6.07, 6.45) is -0.658. The van der Waals surface area contributed by atoms with Gasteiger partial charge in [0.1, 0.15) is 5.69 Å². The molecule has 0 amide bonds. The van der Waals surface area contributed by atoms with Crippen LogP contribution in [0.4, 0.5) is 13.2 Å². The van der Waals surface area contributed by atoms with E-state index in [9.17, 15) is 13.2 Å². The van der Waals surface area contributed by atoms with E-state index in [1.165, 1.54) is 12.3 Å². The van der Waals surface area contributed by atoms with Gasteiger partial charge in [-0.1, -0.05) is 6.07 Å². The average molecular weight is 231 g/mol. The van der Waals surface area contributed by atoms with Crippen molar-refractivity contribution in [2.75, 3.05) is 6.61 Å². The molecule has 0 atom stereocenters. The molecule has 0 saturated heterocycles. The smallest absolute Gasteiger partial charge is 0.396 e. The lowest BCUT2D eigenvalue weighted by Gasteiger charge is -2.11. The number of alkyl halides is 3. The predicted molar refractivity (Wildman–Crippen MR) is 51.7 cm³/mol. The standard InChI is InChI=1S/C11H12F3NO/c12-11(13,14)9-2-1-8(6-15-9)5-10(7-16)3-4-10/h1-2,6,16H,3-5,7H2. The van der Waals surface area contributed by atoms with Gasteiger partial charge in [0.15, 0.2) is 0 Å². The molecule has 2 nitrogen and oxygen atoms in total. The third kappa shape index (κ3) is 2.35. The summed E-state index contributed by atoms with van der Waals surface area (Å²) >= 11 is 0. The van der Waals surface area contributed by atoms with E-state index in [0.29, 0.717) is 6.42 Å². The maximum absolute atomic E-state index is 12.2. The molecule has 0 radical (unpaired) electrons. The molecule has 5 heteroatoms. The molecule has 0 aromatic carbocycles. The second kappa shape index (κ2) is 3.73. The summed E-state index contributed by atoms with van der Waals surface area (Å²) in [7, 11) is 0. The highest BCUT2D eigenvalue weighted by molar-refractivity contribution is 5.19. The number of aliphatic hydroxyl groups excluding tert-OH is 1. The number of pyridine rings is 1. The van der Waals surface area contributed by atoms with Crippen LogP contribution in [0.3, 0.4) is 0 Å². The van der Waals surface area contributed by atoms with E-state index in [2.05, 4.69) is 4.98 Å². The number of rotatable bonds is 3. The second-order valence-electron chi connectivity index (χ2n) is 4.38. The van der Waals surface area contributed by atoms with Gasteiger partial charge in [0.2, 0.25) is 0 Å².